The third-order valence-corrected chi connectivity index (χ3v) is 1.78. The molecule has 0 aromatic rings. The highest BCUT2D eigenvalue weighted by Crippen LogP contribution is 2.24. The lowest BCUT2D eigenvalue weighted by molar-refractivity contribution is -0.141. The standard InChI is InChI=1S/C7H13NO2/c1-8(6-3-4-6)5-7(9)10-2/h6H,3-5H2,1-2H3. The molecule has 58 valence electrons. The van der Waals surface area contributed by atoms with Gasteiger partial charge in [0.15, 0.2) is 0 Å². The summed E-state index contributed by atoms with van der Waals surface area (Å²) in [5.41, 5.74) is 0. The van der Waals surface area contributed by atoms with Crippen LogP contribution in [0.5, 0.6) is 0 Å². The molecule has 1 rings (SSSR count). The van der Waals surface area contributed by atoms with Crippen molar-refractivity contribution in [1.82, 2.24) is 4.90 Å². The van der Waals surface area contributed by atoms with Gasteiger partial charge in [0.1, 0.15) is 0 Å². The molecule has 0 aliphatic heterocycles. The van der Waals surface area contributed by atoms with E-state index in [0.29, 0.717) is 12.6 Å². The van der Waals surface area contributed by atoms with Gasteiger partial charge in [-0.3, -0.25) is 9.69 Å². The van der Waals surface area contributed by atoms with Crippen LogP contribution in [0, 0.1) is 0 Å². The molecule has 0 saturated heterocycles. The summed E-state index contributed by atoms with van der Waals surface area (Å²) < 4.78 is 4.52. The van der Waals surface area contributed by atoms with E-state index in [-0.39, 0.29) is 5.97 Å². The van der Waals surface area contributed by atoms with Gasteiger partial charge in [0.05, 0.1) is 13.7 Å². The summed E-state index contributed by atoms with van der Waals surface area (Å²) in [5, 5.41) is 0. The molecule has 0 aromatic carbocycles. The first-order chi connectivity index (χ1) is 4.74. The third-order valence-electron chi connectivity index (χ3n) is 1.78. The van der Waals surface area contributed by atoms with Crippen LogP contribution in [-0.4, -0.2) is 37.6 Å². The summed E-state index contributed by atoms with van der Waals surface area (Å²) >= 11 is 0. The Morgan fingerprint density at radius 1 is 1.70 bits per heavy atom. The number of ether oxygens (including phenoxy) is 1. The molecular formula is C7H13NO2. The Labute approximate surface area is 61.0 Å². The van der Waals surface area contributed by atoms with Gasteiger partial charge in [-0.1, -0.05) is 0 Å². The zero-order valence-electron chi connectivity index (χ0n) is 6.46. The number of nitrogens with zero attached hydrogens (tertiary/aromatic N) is 1. The Morgan fingerprint density at radius 2 is 2.30 bits per heavy atom. The van der Waals surface area contributed by atoms with Gasteiger partial charge in [0, 0.05) is 6.04 Å². The van der Waals surface area contributed by atoms with Crippen molar-refractivity contribution in [3.05, 3.63) is 0 Å². The van der Waals surface area contributed by atoms with Gasteiger partial charge in [0.2, 0.25) is 0 Å². The average Bonchev–Trinajstić information content (AvgIpc) is 2.68. The van der Waals surface area contributed by atoms with E-state index in [2.05, 4.69) is 4.74 Å². The minimum atomic E-state index is -0.144. The number of carbonyl (C=O) groups is 1. The number of carbonyl (C=O) groups excluding carboxylic acids is 1. The summed E-state index contributed by atoms with van der Waals surface area (Å²) in [5.74, 6) is -0.144. The number of rotatable bonds is 3. The number of hydrogen-bond donors (Lipinski definition) is 0. The van der Waals surface area contributed by atoms with Gasteiger partial charge in [-0.25, -0.2) is 0 Å². The smallest absolute Gasteiger partial charge is 0.319 e. The molecular weight excluding hydrogens is 130 g/mol. The van der Waals surface area contributed by atoms with Crippen molar-refractivity contribution in [1.29, 1.82) is 0 Å². The first-order valence-corrected chi connectivity index (χ1v) is 3.51. The topological polar surface area (TPSA) is 29.5 Å². The zero-order chi connectivity index (χ0) is 7.56. The third kappa shape index (κ3) is 1.99. The summed E-state index contributed by atoms with van der Waals surface area (Å²) in [7, 11) is 3.37. The minimum absolute atomic E-state index is 0.144. The van der Waals surface area contributed by atoms with Gasteiger partial charge < -0.3 is 4.74 Å². The average molecular weight is 143 g/mol. The van der Waals surface area contributed by atoms with Crippen molar-refractivity contribution in [2.75, 3.05) is 20.7 Å². The Bertz CT molecular complexity index is 132. The molecule has 1 fully saturated rings. The maximum absolute atomic E-state index is 10.7. The van der Waals surface area contributed by atoms with E-state index in [0.717, 1.165) is 0 Å². The van der Waals surface area contributed by atoms with Crippen LogP contribution in [0.4, 0.5) is 0 Å². The molecule has 3 nitrogen and oxygen atoms in total. The van der Waals surface area contributed by atoms with Crippen LogP contribution in [0.2, 0.25) is 0 Å². The quantitative estimate of drug-likeness (QED) is 0.530. The Hall–Kier alpha value is -0.570. The molecule has 1 saturated carbocycles. The summed E-state index contributed by atoms with van der Waals surface area (Å²) in [6.45, 7) is 0.432. The molecule has 0 unspecified atom stereocenters. The van der Waals surface area contributed by atoms with E-state index in [4.69, 9.17) is 0 Å². The fraction of sp³-hybridized carbons (Fsp3) is 0.857. The van der Waals surface area contributed by atoms with Crippen LogP contribution in [0.25, 0.3) is 0 Å². The van der Waals surface area contributed by atoms with Gasteiger partial charge in [0.25, 0.3) is 0 Å². The van der Waals surface area contributed by atoms with Crippen molar-refractivity contribution in [3.8, 4) is 0 Å². The SMILES string of the molecule is COC(=O)CN(C)C1CC1. The van der Waals surface area contributed by atoms with Crippen molar-refractivity contribution in [2.45, 2.75) is 18.9 Å². The fourth-order valence-electron chi connectivity index (χ4n) is 0.913. The molecule has 0 amide bonds. The Kier molecular flexibility index (Phi) is 2.27. The second kappa shape index (κ2) is 3.01. The van der Waals surface area contributed by atoms with Crippen molar-refractivity contribution in [2.24, 2.45) is 0 Å². The fourth-order valence-corrected chi connectivity index (χ4v) is 0.913. The van der Waals surface area contributed by atoms with E-state index in [1.54, 1.807) is 0 Å². The maximum atomic E-state index is 10.7. The molecule has 3 heteroatoms. The number of hydrogen-bond acceptors (Lipinski definition) is 3. The molecule has 0 heterocycles. The van der Waals surface area contributed by atoms with Crippen LogP contribution >= 0.6 is 0 Å². The lowest BCUT2D eigenvalue weighted by Gasteiger charge is -2.12. The molecule has 0 radical (unpaired) electrons. The molecule has 10 heavy (non-hydrogen) atoms. The highest BCUT2D eigenvalue weighted by molar-refractivity contribution is 5.71. The number of esters is 1. The zero-order valence-corrected chi connectivity index (χ0v) is 6.46. The second-order valence-electron chi connectivity index (χ2n) is 2.72. The molecule has 1 aliphatic rings. The van der Waals surface area contributed by atoms with Crippen molar-refractivity contribution < 1.29 is 9.53 Å². The first kappa shape index (κ1) is 7.54. The highest BCUT2D eigenvalue weighted by Gasteiger charge is 2.27. The monoisotopic (exact) mass is 143 g/mol. The predicted molar refractivity (Wildman–Crippen MR) is 37.7 cm³/mol. The Balaban J connectivity index is 2.16. The van der Waals surface area contributed by atoms with E-state index >= 15 is 0 Å². The van der Waals surface area contributed by atoms with Crippen LogP contribution in [-0.2, 0) is 9.53 Å². The van der Waals surface area contributed by atoms with Crippen LogP contribution in [0.3, 0.4) is 0 Å². The van der Waals surface area contributed by atoms with Gasteiger partial charge >= 0.3 is 5.97 Å². The van der Waals surface area contributed by atoms with E-state index < -0.39 is 0 Å². The molecule has 0 atom stereocenters. The summed E-state index contributed by atoms with van der Waals surface area (Å²) in [6, 6.07) is 0.638. The van der Waals surface area contributed by atoms with Gasteiger partial charge in [-0.15, -0.1) is 0 Å². The predicted octanol–water partition coefficient (Wildman–Crippen LogP) is 0.254. The largest absolute Gasteiger partial charge is 0.468 e. The van der Waals surface area contributed by atoms with E-state index in [1.165, 1.54) is 20.0 Å². The lowest BCUT2D eigenvalue weighted by atomic mass is 10.5. The van der Waals surface area contributed by atoms with Crippen LogP contribution in [0.1, 0.15) is 12.8 Å². The van der Waals surface area contributed by atoms with Gasteiger partial charge in [-0.2, -0.15) is 0 Å². The first-order valence-electron chi connectivity index (χ1n) is 3.51. The molecule has 0 spiro atoms. The van der Waals surface area contributed by atoms with E-state index in [1.807, 2.05) is 11.9 Å². The highest BCUT2D eigenvalue weighted by atomic mass is 16.5. The molecule has 0 aromatic heterocycles. The Morgan fingerprint density at radius 3 is 2.70 bits per heavy atom. The van der Waals surface area contributed by atoms with Crippen LogP contribution in [0.15, 0.2) is 0 Å². The summed E-state index contributed by atoms with van der Waals surface area (Å²) in [6.07, 6.45) is 2.46. The maximum Gasteiger partial charge on any atom is 0.319 e. The molecule has 0 bridgehead atoms. The van der Waals surface area contributed by atoms with E-state index in [9.17, 15) is 4.79 Å². The van der Waals surface area contributed by atoms with Crippen molar-refractivity contribution >= 4 is 5.97 Å². The summed E-state index contributed by atoms with van der Waals surface area (Å²) in [4.78, 5) is 12.7. The van der Waals surface area contributed by atoms with Gasteiger partial charge in [-0.05, 0) is 19.9 Å². The number of methoxy groups -OCH3 is 1. The lowest BCUT2D eigenvalue weighted by Crippen LogP contribution is -2.28. The minimum Gasteiger partial charge on any atom is -0.468 e. The number of likely N-dealkylation sites (N-methyl/N-ethyl adjacent to an activating group) is 1. The van der Waals surface area contributed by atoms with Crippen molar-refractivity contribution in [3.63, 3.8) is 0 Å². The van der Waals surface area contributed by atoms with Crippen LogP contribution < -0.4 is 0 Å². The normalized spacial score (nSPS) is 17.5. The second-order valence-corrected chi connectivity index (χ2v) is 2.72. The molecule has 1 aliphatic carbocycles. The molecule has 0 N–H and O–H groups in total.